The van der Waals surface area contributed by atoms with Gasteiger partial charge in [0.2, 0.25) is 21.8 Å². The summed E-state index contributed by atoms with van der Waals surface area (Å²) in [5, 5.41) is 2.66. The van der Waals surface area contributed by atoms with E-state index in [9.17, 15) is 18.0 Å². The lowest BCUT2D eigenvalue weighted by Crippen LogP contribution is -2.40. The van der Waals surface area contributed by atoms with Crippen molar-refractivity contribution < 1.29 is 18.0 Å². The third-order valence-electron chi connectivity index (χ3n) is 5.42. The summed E-state index contributed by atoms with van der Waals surface area (Å²) < 4.78 is 28.8. The molecule has 0 radical (unpaired) electrons. The molecule has 10 heteroatoms. The van der Waals surface area contributed by atoms with E-state index in [1.54, 1.807) is 36.9 Å². The van der Waals surface area contributed by atoms with Gasteiger partial charge in [0.05, 0.1) is 22.5 Å². The second kappa shape index (κ2) is 10.7. The van der Waals surface area contributed by atoms with Crippen LogP contribution >= 0.6 is 0 Å². The maximum absolute atomic E-state index is 12.8. The van der Waals surface area contributed by atoms with E-state index in [-0.39, 0.29) is 29.7 Å². The van der Waals surface area contributed by atoms with Crippen molar-refractivity contribution in [3.8, 4) is 0 Å². The van der Waals surface area contributed by atoms with E-state index < -0.39 is 10.0 Å². The summed E-state index contributed by atoms with van der Waals surface area (Å²) in [4.78, 5) is 30.6. The molecule has 0 aliphatic heterocycles. The van der Waals surface area contributed by atoms with Crippen molar-refractivity contribution in [3.05, 3.63) is 24.0 Å². The zero-order valence-corrected chi connectivity index (χ0v) is 19.8. The highest BCUT2D eigenvalue weighted by atomic mass is 32.2. The summed E-state index contributed by atoms with van der Waals surface area (Å²) in [5.74, 6) is 0.345. The molecule has 1 N–H and O–H groups in total. The van der Waals surface area contributed by atoms with Crippen LogP contribution in [0.4, 0.5) is 0 Å². The van der Waals surface area contributed by atoms with Crippen LogP contribution in [-0.4, -0.2) is 71.7 Å². The molecule has 1 aromatic carbocycles. The smallest absolute Gasteiger partial charge is 0.243 e. The number of hydrogen-bond acceptors (Lipinski definition) is 5. The molecule has 0 bridgehead atoms. The van der Waals surface area contributed by atoms with Gasteiger partial charge in [0, 0.05) is 46.1 Å². The van der Waals surface area contributed by atoms with Crippen LogP contribution in [0.25, 0.3) is 11.0 Å². The normalized spacial score (nSPS) is 11.8. The quantitative estimate of drug-likeness (QED) is 0.558. The minimum atomic E-state index is -3.57. The Morgan fingerprint density at radius 3 is 2.29 bits per heavy atom. The van der Waals surface area contributed by atoms with Gasteiger partial charge in [-0.15, -0.1) is 0 Å². The van der Waals surface area contributed by atoms with Gasteiger partial charge in [-0.2, -0.15) is 4.31 Å². The number of amides is 2. The lowest BCUT2D eigenvalue weighted by atomic mass is 10.3. The fourth-order valence-electron chi connectivity index (χ4n) is 3.50. The molecule has 1 aromatic heterocycles. The monoisotopic (exact) mass is 451 g/mol. The fourth-order valence-corrected chi connectivity index (χ4v) is 4.98. The number of carbonyl (C=O) groups is 2. The fraction of sp³-hybridized carbons (Fsp3) is 0.571. The standard InChI is InChI=1S/C21H33N5O4S/c1-6-25(7-2)21(28)15-22-20(27)13-12-19-23-17-14-16(10-11-18(17)24(19)5)31(29,30)26(8-3)9-4/h10-11,14H,6-9,12-13,15H2,1-5H3,(H,22,27). The molecular formula is C21H33N5O4S. The number of hydrogen-bond donors (Lipinski definition) is 1. The molecule has 0 aliphatic rings. The SMILES string of the molecule is CCN(CC)C(=O)CNC(=O)CCc1nc2cc(S(=O)(=O)N(CC)CC)ccc2n1C. The Bertz CT molecular complexity index is 1020. The highest BCUT2D eigenvalue weighted by Crippen LogP contribution is 2.22. The van der Waals surface area contributed by atoms with Gasteiger partial charge in [0.15, 0.2) is 0 Å². The highest BCUT2D eigenvalue weighted by Gasteiger charge is 2.23. The van der Waals surface area contributed by atoms with Crippen molar-refractivity contribution in [2.24, 2.45) is 7.05 Å². The summed E-state index contributed by atoms with van der Waals surface area (Å²) in [6.07, 6.45) is 0.571. The molecule has 2 amide bonds. The number of nitrogens with zero attached hydrogens (tertiary/aromatic N) is 4. The molecule has 0 saturated heterocycles. The van der Waals surface area contributed by atoms with Gasteiger partial charge in [-0.05, 0) is 32.0 Å². The van der Waals surface area contributed by atoms with E-state index in [1.165, 1.54) is 4.31 Å². The third kappa shape index (κ3) is 5.62. The minimum Gasteiger partial charge on any atom is -0.347 e. The van der Waals surface area contributed by atoms with Gasteiger partial charge in [-0.25, -0.2) is 13.4 Å². The molecule has 2 rings (SSSR count). The number of aryl methyl sites for hydroxylation is 2. The van der Waals surface area contributed by atoms with Crippen LogP contribution in [0.3, 0.4) is 0 Å². The van der Waals surface area contributed by atoms with Crippen molar-refractivity contribution in [3.63, 3.8) is 0 Å². The Labute approximate surface area is 184 Å². The average molecular weight is 452 g/mol. The largest absolute Gasteiger partial charge is 0.347 e. The van der Waals surface area contributed by atoms with E-state index in [1.807, 2.05) is 25.5 Å². The number of fused-ring (bicyclic) bond motifs is 1. The lowest BCUT2D eigenvalue weighted by Gasteiger charge is -2.18. The number of benzene rings is 1. The predicted octanol–water partition coefficient (Wildman–Crippen LogP) is 1.52. The minimum absolute atomic E-state index is 0.0182. The number of imidazole rings is 1. The average Bonchev–Trinajstić information content (AvgIpc) is 3.07. The van der Waals surface area contributed by atoms with Crippen LogP contribution in [0.1, 0.15) is 39.9 Å². The van der Waals surface area contributed by atoms with Crippen LogP contribution in [0, 0.1) is 0 Å². The maximum Gasteiger partial charge on any atom is 0.243 e. The highest BCUT2D eigenvalue weighted by molar-refractivity contribution is 7.89. The number of carbonyl (C=O) groups excluding carboxylic acids is 2. The molecule has 31 heavy (non-hydrogen) atoms. The van der Waals surface area contributed by atoms with Gasteiger partial charge in [-0.3, -0.25) is 9.59 Å². The third-order valence-corrected chi connectivity index (χ3v) is 7.46. The van der Waals surface area contributed by atoms with Gasteiger partial charge in [0.25, 0.3) is 0 Å². The Morgan fingerprint density at radius 1 is 1.06 bits per heavy atom. The van der Waals surface area contributed by atoms with Crippen molar-refractivity contribution in [1.29, 1.82) is 0 Å². The Morgan fingerprint density at radius 2 is 1.71 bits per heavy atom. The molecule has 9 nitrogen and oxygen atoms in total. The molecule has 172 valence electrons. The molecule has 0 atom stereocenters. The van der Waals surface area contributed by atoms with Crippen molar-refractivity contribution >= 4 is 32.9 Å². The summed E-state index contributed by atoms with van der Waals surface area (Å²) in [7, 11) is -1.73. The van der Waals surface area contributed by atoms with Crippen molar-refractivity contribution in [2.75, 3.05) is 32.7 Å². The van der Waals surface area contributed by atoms with E-state index in [2.05, 4.69) is 10.3 Å². The Kier molecular flexibility index (Phi) is 8.58. The van der Waals surface area contributed by atoms with Crippen LogP contribution in [0.15, 0.2) is 23.1 Å². The van der Waals surface area contributed by atoms with E-state index in [0.717, 1.165) is 5.52 Å². The molecular weight excluding hydrogens is 418 g/mol. The van der Waals surface area contributed by atoms with Crippen molar-refractivity contribution in [1.82, 2.24) is 24.1 Å². The Balaban J connectivity index is 2.09. The Hall–Kier alpha value is -2.46. The lowest BCUT2D eigenvalue weighted by molar-refractivity contribution is -0.132. The van der Waals surface area contributed by atoms with Crippen LogP contribution in [0.2, 0.25) is 0 Å². The molecule has 0 unspecified atom stereocenters. The summed E-state index contributed by atoms with van der Waals surface area (Å²) in [5.41, 5.74) is 1.37. The van der Waals surface area contributed by atoms with Gasteiger partial charge < -0.3 is 14.8 Å². The molecule has 0 fully saturated rings. The first kappa shape index (κ1) is 24.8. The number of likely N-dealkylation sites (N-methyl/N-ethyl adjacent to an activating group) is 1. The van der Waals surface area contributed by atoms with Crippen LogP contribution < -0.4 is 5.32 Å². The molecule has 0 saturated carbocycles. The first-order valence-corrected chi connectivity index (χ1v) is 12.1. The number of sulfonamides is 1. The van der Waals surface area contributed by atoms with Gasteiger partial charge in [0.1, 0.15) is 5.82 Å². The molecule has 2 aromatic rings. The van der Waals surface area contributed by atoms with Crippen LogP contribution in [-0.2, 0) is 33.1 Å². The topological polar surface area (TPSA) is 105 Å². The molecule has 0 spiro atoms. The van der Waals surface area contributed by atoms with E-state index in [0.29, 0.717) is 43.9 Å². The maximum atomic E-state index is 12.8. The van der Waals surface area contributed by atoms with Gasteiger partial charge in [-0.1, -0.05) is 13.8 Å². The summed E-state index contributed by atoms with van der Waals surface area (Å²) >= 11 is 0. The summed E-state index contributed by atoms with van der Waals surface area (Å²) in [6, 6.07) is 4.91. The first-order valence-electron chi connectivity index (χ1n) is 10.7. The molecule has 1 heterocycles. The first-order chi connectivity index (χ1) is 14.7. The number of rotatable bonds is 11. The van der Waals surface area contributed by atoms with E-state index in [4.69, 9.17) is 0 Å². The molecule has 0 aliphatic carbocycles. The predicted molar refractivity (Wildman–Crippen MR) is 120 cm³/mol. The van der Waals surface area contributed by atoms with E-state index >= 15 is 0 Å². The number of aromatic nitrogens is 2. The van der Waals surface area contributed by atoms with Gasteiger partial charge >= 0.3 is 0 Å². The zero-order valence-electron chi connectivity index (χ0n) is 19.0. The van der Waals surface area contributed by atoms with Crippen molar-refractivity contribution in [2.45, 2.75) is 45.4 Å². The number of nitrogens with one attached hydrogen (secondary N) is 1. The second-order valence-electron chi connectivity index (χ2n) is 7.17. The second-order valence-corrected chi connectivity index (χ2v) is 9.11. The van der Waals surface area contributed by atoms with Crippen LogP contribution in [0.5, 0.6) is 0 Å². The summed E-state index contributed by atoms with van der Waals surface area (Å²) in [6.45, 7) is 9.40. The zero-order chi connectivity index (χ0) is 23.2.